The van der Waals surface area contributed by atoms with Crippen LogP contribution in [0.15, 0.2) is 28.2 Å². The molecule has 16 heavy (non-hydrogen) atoms. The third-order valence-corrected chi connectivity index (χ3v) is 1.82. The summed E-state index contributed by atoms with van der Waals surface area (Å²) >= 11 is 0. The Morgan fingerprint density at radius 1 is 1.31 bits per heavy atom. The van der Waals surface area contributed by atoms with Crippen LogP contribution in [0.25, 0.3) is 0 Å². The summed E-state index contributed by atoms with van der Waals surface area (Å²) in [6.45, 7) is 1.85. The molecule has 6 nitrogen and oxygen atoms in total. The van der Waals surface area contributed by atoms with E-state index in [0.29, 0.717) is 11.3 Å². The van der Waals surface area contributed by atoms with Gasteiger partial charge in [0.2, 0.25) is 5.96 Å². The molecule has 0 atom stereocenters. The molecule has 0 aromatic heterocycles. The van der Waals surface area contributed by atoms with Crippen molar-refractivity contribution in [3.8, 4) is 6.07 Å². The van der Waals surface area contributed by atoms with Crippen LogP contribution in [-0.2, 0) is 0 Å². The third-order valence-electron chi connectivity index (χ3n) is 1.82. The van der Waals surface area contributed by atoms with E-state index in [9.17, 15) is 0 Å². The first-order chi connectivity index (χ1) is 7.52. The van der Waals surface area contributed by atoms with Crippen LogP contribution in [0.2, 0.25) is 0 Å². The van der Waals surface area contributed by atoms with Crippen molar-refractivity contribution in [3.05, 3.63) is 29.3 Å². The molecule has 0 amide bonds. The second-order valence-corrected chi connectivity index (χ2v) is 3.12. The van der Waals surface area contributed by atoms with Gasteiger partial charge in [-0.05, 0) is 24.6 Å². The molecule has 82 valence electrons. The number of aliphatic imine (C=N–C) groups is 2. The molecular weight excluding hydrogens is 204 g/mol. The quantitative estimate of drug-likeness (QED) is 0.454. The fourth-order valence-electron chi connectivity index (χ4n) is 1.08. The molecule has 0 spiro atoms. The second kappa shape index (κ2) is 4.79. The van der Waals surface area contributed by atoms with Gasteiger partial charge in [-0.1, -0.05) is 6.07 Å². The maximum absolute atomic E-state index is 8.74. The van der Waals surface area contributed by atoms with E-state index in [1.165, 1.54) is 0 Å². The summed E-state index contributed by atoms with van der Waals surface area (Å²) in [6.07, 6.45) is 0. The van der Waals surface area contributed by atoms with Crippen molar-refractivity contribution < 1.29 is 0 Å². The van der Waals surface area contributed by atoms with Crippen molar-refractivity contribution in [1.29, 1.82) is 5.26 Å². The van der Waals surface area contributed by atoms with Crippen LogP contribution >= 0.6 is 0 Å². The van der Waals surface area contributed by atoms with Gasteiger partial charge in [-0.3, -0.25) is 0 Å². The molecule has 0 aliphatic heterocycles. The molecule has 0 saturated carbocycles. The molecule has 0 fully saturated rings. The van der Waals surface area contributed by atoms with E-state index >= 15 is 0 Å². The monoisotopic (exact) mass is 216 g/mol. The van der Waals surface area contributed by atoms with Gasteiger partial charge in [0.05, 0.1) is 17.3 Å². The molecule has 6 N–H and O–H groups in total. The maximum atomic E-state index is 8.74. The van der Waals surface area contributed by atoms with E-state index < -0.39 is 0 Å². The number of nitrogens with two attached hydrogens (primary N) is 3. The lowest BCUT2D eigenvalue weighted by atomic mass is 10.1. The number of hydrogen-bond donors (Lipinski definition) is 3. The number of nitriles is 1. The molecule has 0 bridgehead atoms. The third kappa shape index (κ3) is 2.99. The zero-order valence-corrected chi connectivity index (χ0v) is 8.81. The molecule has 0 unspecified atom stereocenters. The van der Waals surface area contributed by atoms with E-state index in [0.717, 1.165) is 5.56 Å². The van der Waals surface area contributed by atoms with Crippen LogP contribution < -0.4 is 17.2 Å². The Morgan fingerprint density at radius 2 is 2.00 bits per heavy atom. The van der Waals surface area contributed by atoms with Gasteiger partial charge in [-0.15, -0.1) is 0 Å². The average Bonchev–Trinajstić information content (AvgIpc) is 2.20. The van der Waals surface area contributed by atoms with E-state index in [2.05, 4.69) is 9.98 Å². The lowest BCUT2D eigenvalue weighted by Crippen LogP contribution is -2.26. The standard InChI is InChI=1S/C10H12N6/c1-6-2-3-7(5-11)4-8(6)15-10(14)16-9(12)13/h2-4H,1H3,(H6,12,13,14,15,16). The first kappa shape index (κ1) is 11.5. The minimum Gasteiger partial charge on any atom is -0.370 e. The molecule has 1 aromatic rings. The van der Waals surface area contributed by atoms with Crippen LogP contribution in [0.1, 0.15) is 11.1 Å². The van der Waals surface area contributed by atoms with Crippen molar-refractivity contribution in [3.63, 3.8) is 0 Å². The van der Waals surface area contributed by atoms with Crippen molar-refractivity contribution in [1.82, 2.24) is 0 Å². The number of guanidine groups is 2. The summed E-state index contributed by atoms with van der Waals surface area (Å²) in [5.74, 6) is -0.200. The first-order valence-electron chi connectivity index (χ1n) is 4.47. The fraction of sp³-hybridized carbons (Fsp3) is 0.100. The topological polar surface area (TPSA) is 127 Å². The fourth-order valence-corrected chi connectivity index (χ4v) is 1.08. The molecule has 0 heterocycles. The zero-order chi connectivity index (χ0) is 12.1. The molecule has 0 radical (unpaired) electrons. The summed E-state index contributed by atoms with van der Waals surface area (Å²) < 4.78 is 0. The van der Waals surface area contributed by atoms with Gasteiger partial charge in [0.1, 0.15) is 0 Å². The van der Waals surface area contributed by atoms with Gasteiger partial charge in [0.25, 0.3) is 0 Å². The molecule has 1 rings (SSSR count). The molecule has 6 heteroatoms. The SMILES string of the molecule is Cc1ccc(C#N)cc1N=C(N)N=C(N)N. The lowest BCUT2D eigenvalue weighted by molar-refractivity contribution is 1.33. The van der Waals surface area contributed by atoms with Gasteiger partial charge in [0, 0.05) is 0 Å². The van der Waals surface area contributed by atoms with Crippen LogP contribution in [0.3, 0.4) is 0 Å². The summed E-state index contributed by atoms with van der Waals surface area (Å²) in [5.41, 5.74) is 17.8. The summed E-state index contributed by atoms with van der Waals surface area (Å²) in [7, 11) is 0. The Kier molecular flexibility index (Phi) is 3.45. The predicted molar refractivity (Wildman–Crippen MR) is 63.0 cm³/mol. The number of rotatable bonds is 1. The highest BCUT2D eigenvalue weighted by Crippen LogP contribution is 2.19. The lowest BCUT2D eigenvalue weighted by Gasteiger charge is -2.00. The smallest absolute Gasteiger partial charge is 0.223 e. The Bertz CT molecular complexity index is 491. The number of nitrogens with zero attached hydrogens (tertiary/aromatic N) is 3. The number of hydrogen-bond acceptors (Lipinski definition) is 2. The molecule has 0 saturated heterocycles. The minimum absolute atomic E-state index is 0.0433. The van der Waals surface area contributed by atoms with Gasteiger partial charge in [-0.25, -0.2) is 4.99 Å². The highest BCUT2D eigenvalue weighted by molar-refractivity contribution is 5.93. The molecule has 0 aliphatic rings. The Morgan fingerprint density at radius 3 is 2.56 bits per heavy atom. The van der Waals surface area contributed by atoms with Crippen molar-refractivity contribution >= 4 is 17.6 Å². The van der Waals surface area contributed by atoms with Gasteiger partial charge >= 0.3 is 0 Å². The molecular formula is C10H12N6. The van der Waals surface area contributed by atoms with Crippen LogP contribution in [0.5, 0.6) is 0 Å². The van der Waals surface area contributed by atoms with Crippen molar-refractivity contribution in [2.24, 2.45) is 27.2 Å². The molecule has 1 aromatic carbocycles. The largest absolute Gasteiger partial charge is 0.370 e. The molecule has 0 aliphatic carbocycles. The van der Waals surface area contributed by atoms with Crippen molar-refractivity contribution in [2.75, 3.05) is 0 Å². The maximum Gasteiger partial charge on any atom is 0.223 e. The first-order valence-corrected chi connectivity index (χ1v) is 4.47. The normalized spacial score (nSPS) is 10.6. The van der Waals surface area contributed by atoms with E-state index in [4.69, 9.17) is 22.5 Å². The minimum atomic E-state index is -0.157. The highest BCUT2D eigenvalue weighted by atomic mass is 15.1. The highest BCUT2D eigenvalue weighted by Gasteiger charge is 1.99. The number of aryl methyl sites for hydroxylation is 1. The van der Waals surface area contributed by atoms with Crippen LogP contribution in [-0.4, -0.2) is 11.9 Å². The van der Waals surface area contributed by atoms with Crippen LogP contribution in [0.4, 0.5) is 5.69 Å². The summed E-state index contributed by atoms with van der Waals surface area (Å²) in [6, 6.07) is 7.11. The predicted octanol–water partition coefficient (Wildman–Crippen LogP) is 0.0863. The Labute approximate surface area is 93.1 Å². The van der Waals surface area contributed by atoms with E-state index in [1.807, 2.05) is 13.0 Å². The van der Waals surface area contributed by atoms with Gasteiger partial charge in [0.15, 0.2) is 5.96 Å². The Hall–Kier alpha value is -2.55. The average molecular weight is 216 g/mol. The van der Waals surface area contributed by atoms with Gasteiger partial charge in [-0.2, -0.15) is 10.3 Å². The van der Waals surface area contributed by atoms with Crippen molar-refractivity contribution in [2.45, 2.75) is 6.92 Å². The Balaban J connectivity index is 3.15. The van der Waals surface area contributed by atoms with E-state index in [1.54, 1.807) is 18.2 Å². The number of benzene rings is 1. The van der Waals surface area contributed by atoms with Gasteiger partial charge < -0.3 is 17.2 Å². The summed E-state index contributed by atoms with van der Waals surface area (Å²) in [5, 5.41) is 8.74. The van der Waals surface area contributed by atoms with Crippen LogP contribution in [0, 0.1) is 18.3 Å². The summed E-state index contributed by atoms with van der Waals surface area (Å²) in [4.78, 5) is 7.59. The second-order valence-electron chi connectivity index (χ2n) is 3.12. The zero-order valence-electron chi connectivity index (χ0n) is 8.81. The van der Waals surface area contributed by atoms with E-state index in [-0.39, 0.29) is 11.9 Å².